The van der Waals surface area contributed by atoms with E-state index >= 15 is 0 Å². The zero-order chi connectivity index (χ0) is 14.7. The first-order chi connectivity index (χ1) is 9.49. The van der Waals surface area contributed by atoms with E-state index in [-0.39, 0.29) is 11.7 Å². The Balaban J connectivity index is 2.15. The molecule has 0 saturated carbocycles. The second-order valence-corrected chi connectivity index (χ2v) is 5.08. The predicted octanol–water partition coefficient (Wildman–Crippen LogP) is 0.740. The summed E-state index contributed by atoms with van der Waals surface area (Å²) < 4.78 is 13.6. The first-order valence-corrected chi connectivity index (χ1v) is 6.69. The van der Waals surface area contributed by atoms with Crippen molar-refractivity contribution in [3.8, 4) is 0 Å². The van der Waals surface area contributed by atoms with Crippen LogP contribution in [0.5, 0.6) is 0 Å². The maximum atomic E-state index is 13.6. The molecule has 20 heavy (non-hydrogen) atoms. The van der Waals surface area contributed by atoms with E-state index in [0.29, 0.717) is 19.0 Å². The molecule has 1 fully saturated rings. The minimum atomic E-state index is -0.432. The van der Waals surface area contributed by atoms with Gasteiger partial charge in [0.2, 0.25) is 11.9 Å². The number of hydrogen-bond acceptors (Lipinski definition) is 5. The molecule has 7 heteroatoms. The molecule has 110 valence electrons. The molecule has 0 aliphatic carbocycles. The standard InChI is InChI=1S/C13H20FN5O/c1-10(20)18-5-4-6-19(8-7-18)13-15-9-11(14)12(16-13)17(2)3/h9H,4-8H2,1-3H3. The van der Waals surface area contributed by atoms with E-state index in [1.807, 2.05) is 9.80 Å². The van der Waals surface area contributed by atoms with Crippen LogP contribution in [0.25, 0.3) is 0 Å². The minimum absolute atomic E-state index is 0.0841. The number of nitrogens with zero attached hydrogens (tertiary/aromatic N) is 5. The van der Waals surface area contributed by atoms with Crippen molar-refractivity contribution in [2.75, 3.05) is 50.1 Å². The minimum Gasteiger partial charge on any atom is -0.360 e. The molecule has 2 heterocycles. The van der Waals surface area contributed by atoms with Gasteiger partial charge in [0.25, 0.3) is 0 Å². The van der Waals surface area contributed by atoms with Crippen LogP contribution in [-0.4, -0.2) is 61.0 Å². The number of carbonyl (C=O) groups is 1. The zero-order valence-corrected chi connectivity index (χ0v) is 12.1. The fourth-order valence-corrected chi connectivity index (χ4v) is 2.25. The largest absolute Gasteiger partial charge is 0.360 e. The third-order valence-corrected chi connectivity index (χ3v) is 3.36. The Morgan fingerprint density at radius 1 is 1.30 bits per heavy atom. The summed E-state index contributed by atoms with van der Waals surface area (Å²) in [5.74, 6) is 0.447. The van der Waals surface area contributed by atoms with Crippen LogP contribution < -0.4 is 9.80 Å². The van der Waals surface area contributed by atoms with Crippen LogP contribution in [0.15, 0.2) is 6.20 Å². The van der Waals surface area contributed by atoms with Gasteiger partial charge in [0.15, 0.2) is 11.6 Å². The molecule has 2 rings (SSSR count). The van der Waals surface area contributed by atoms with E-state index in [1.54, 1.807) is 25.9 Å². The van der Waals surface area contributed by atoms with Gasteiger partial charge in [-0.3, -0.25) is 4.79 Å². The topological polar surface area (TPSA) is 52.6 Å². The molecule has 0 spiro atoms. The summed E-state index contributed by atoms with van der Waals surface area (Å²) in [4.78, 5) is 25.2. The Bertz CT molecular complexity index is 494. The van der Waals surface area contributed by atoms with E-state index in [1.165, 1.54) is 6.20 Å². The number of aromatic nitrogens is 2. The molecule has 1 aliphatic rings. The quantitative estimate of drug-likeness (QED) is 0.800. The monoisotopic (exact) mass is 281 g/mol. The van der Waals surface area contributed by atoms with Crippen LogP contribution in [-0.2, 0) is 4.79 Å². The maximum absolute atomic E-state index is 13.6. The van der Waals surface area contributed by atoms with Crippen molar-refractivity contribution in [3.63, 3.8) is 0 Å². The first-order valence-electron chi connectivity index (χ1n) is 6.69. The van der Waals surface area contributed by atoms with Gasteiger partial charge in [-0.1, -0.05) is 0 Å². The van der Waals surface area contributed by atoms with Crippen LogP contribution in [0.3, 0.4) is 0 Å². The molecule has 0 atom stereocenters. The first kappa shape index (κ1) is 14.5. The third kappa shape index (κ3) is 3.15. The van der Waals surface area contributed by atoms with Crippen molar-refractivity contribution in [1.29, 1.82) is 0 Å². The molecule has 1 aromatic heterocycles. The van der Waals surface area contributed by atoms with Crippen LogP contribution >= 0.6 is 0 Å². The van der Waals surface area contributed by atoms with Gasteiger partial charge in [0, 0.05) is 47.2 Å². The van der Waals surface area contributed by atoms with Crippen LogP contribution in [0.2, 0.25) is 0 Å². The predicted molar refractivity (Wildman–Crippen MR) is 75.4 cm³/mol. The Kier molecular flexibility index (Phi) is 4.36. The Labute approximate surface area is 118 Å². The maximum Gasteiger partial charge on any atom is 0.227 e. The van der Waals surface area contributed by atoms with Gasteiger partial charge in [-0.2, -0.15) is 4.98 Å². The van der Waals surface area contributed by atoms with E-state index in [9.17, 15) is 9.18 Å². The molecule has 0 N–H and O–H groups in total. The lowest BCUT2D eigenvalue weighted by molar-refractivity contribution is -0.128. The number of carbonyl (C=O) groups excluding carboxylic acids is 1. The highest BCUT2D eigenvalue weighted by molar-refractivity contribution is 5.73. The van der Waals surface area contributed by atoms with E-state index in [0.717, 1.165) is 19.5 Å². The number of hydrogen-bond donors (Lipinski definition) is 0. The molecule has 1 aliphatic heterocycles. The average Bonchev–Trinajstić information content (AvgIpc) is 2.64. The van der Waals surface area contributed by atoms with Crippen LogP contribution in [0, 0.1) is 5.82 Å². The van der Waals surface area contributed by atoms with Crippen molar-refractivity contribution >= 4 is 17.7 Å². The Hall–Kier alpha value is -1.92. The van der Waals surface area contributed by atoms with E-state index in [2.05, 4.69) is 9.97 Å². The fourth-order valence-electron chi connectivity index (χ4n) is 2.25. The van der Waals surface area contributed by atoms with Crippen molar-refractivity contribution in [1.82, 2.24) is 14.9 Å². The Morgan fingerprint density at radius 3 is 2.70 bits per heavy atom. The summed E-state index contributed by atoms with van der Waals surface area (Å²) in [6.07, 6.45) is 2.06. The van der Waals surface area contributed by atoms with Gasteiger partial charge in [0.05, 0.1) is 6.20 Å². The van der Waals surface area contributed by atoms with Gasteiger partial charge < -0.3 is 14.7 Å². The van der Waals surface area contributed by atoms with Gasteiger partial charge >= 0.3 is 0 Å². The molecule has 1 amide bonds. The smallest absolute Gasteiger partial charge is 0.227 e. The average molecular weight is 281 g/mol. The van der Waals surface area contributed by atoms with Gasteiger partial charge in [-0.25, -0.2) is 9.37 Å². The van der Waals surface area contributed by atoms with Crippen molar-refractivity contribution in [2.45, 2.75) is 13.3 Å². The normalized spacial score (nSPS) is 16.0. The van der Waals surface area contributed by atoms with Crippen LogP contribution in [0.1, 0.15) is 13.3 Å². The number of halogens is 1. The van der Waals surface area contributed by atoms with E-state index < -0.39 is 5.82 Å². The molecule has 0 radical (unpaired) electrons. The second-order valence-electron chi connectivity index (χ2n) is 5.08. The molecule has 0 bridgehead atoms. The lowest BCUT2D eigenvalue weighted by Crippen LogP contribution is -2.34. The zero-order valence-electron chi connectivity index (χ0n) is 12.1. The number of rotatable bonds is 2. The summed E-state index contributed by atoms with van der Waals surface area (Å²) in [5, 5.41) is 0. The van der Waals surface area contributed by atoms with Gasteiger partial charge in [-0.15, -0.1) is 0 Å². The highest BCUT2D eigenvalue weighted by atomic mass is 19.1. The lowest BCUT2D eigenvalue weighted by Gasteiger charge is -2.22. The van der Waals surface area contributed by atoms with Gasteiger partial charge in [0.1, 0.15) is 0 Å². The molecular formula is C13H20FN5O. The SMILES string of the molecule is CC(=O)N1CCCN(c2ncc(F)c(N(C)C)n2)CC1. The van der Waals surface area contributed by atoms with Crippen LogP contribution in [0.4, 0.5) is 16.2 Å². The molecule has 0 aromatic carbocycles. The molecule has 1 aromatic rings. The van der Waals surface area contributed by atoms with Gasteiger partial charge in [-0.05, 0) is 6.42 Å². The number of amides is 1. The highest BCUT2D eigenvalue weighted by Crippen LogP contribution is 2.18. The van der Waals surface area contributed by atoms with E-state index in [4.69, 9.17) is 0 Å². The molecule has 0 unspecified atom stereocenters. The summed E-state index contributed by atoms with van der Waals surface area (Å²) >= 11 is 0. The summed E-state index contributed by atoms with van der Waals surface area (Å²) in [7, 11) is 3.49. The van der Waals surface area contributed by atoms with Crippen molar-refractivity contribution in [3.05, 3.63) is 12.0 Å². The third-order valence-electron chi connectivity index (χ3n) is 3.36. The summed E-state index contributed by atoms with van der Waals surface area (Å²) in [6.45, 7) is 4.40. The summed E-state index contributed by atoms with van der Waals surface area (Å²) in [5.41, 5.74) is 0. The number of anilines is 2. The summed E-state index contributed by atoms with van der Waals surface area (Å²) in [6, 6.07) is 0. The van der Waals surface area contributed by atoms with Crippen molar-refractivity contribution in [2.24, 2.45) is 0 Å². The Morgan fingerprint density at radius 2 is 2.05 bits per heavy atom. The molecule has 1 saturated heterocycles. The fraction of sp³-hybridized carbons (Fsp3) is 0.615. The molecule has 6 nitrogen and oxygen atoms in total. The second kappa shape index (κ2) is 6.02. The van der Waals surface area contributed by atoms with Crippen molar-refractivity contribution < 1.29 is 9.18 Å². The highest BCUT2D eigenvalue weighted by Gasteiger charge is 2.19. The lowest BCUT2D eigenvalue weighted by atomic mass is 10.4. The molecular weight excluding hydrogens is 261 g/mol.